The highest BCUT2D eigenvalue weighted by molar-refractivity contribution is 5.88. The van der Waals surface area contributed by atoms with Gasteiger partial charge in [-0.05, 0) is 66.8 Å². The Morgan fingerprint density at radius 3 is 2.70 bits per heavy atom. The average Bonchev–Trinajstić information content (AvgIpc) is 2.82. The molecule has 5 nitrogen and oxygen atoms in total. The summed E-state index contributed by atoms with van der Waals surface area (Å²) in [7, 11) is 1.72. The lowest BCUT2D eigenvalue weighted by molar-refractivity contribution is 0.0696. The first-order chi connectivity index (χ1) is 16.1. The Labute approximate surface area is 195 Å². The van der Waals surface area contributed by atoms with Crippen molar-refractivity contribution in [3.8, 4) is 11.5 Å². The summed E-state index contributed by atoms with van der Waals surface area (Å²) < 4.78 is 11.6. The summed E-state index contributed by atoms with van der Waals surface area (Å²) in [5.41, 5.74) is 4.79. The maximum atomic E-state index is 11.5. The zero-order valence-electron chi connectivity index (χ0n) is 19.1. The van der Waals surface area contributed by atoms with Gasteiger partial charge < -0.3 is 14.6 Å². The summed E-state index contributed by atoms with van der Waals surface area (Å²) >= 11 is 0. The fourth-order valence-corrected chi connectivity index (χ4v) is 4.39. The Morgan fingerprint density at radius 2 is 1.85 bits per heavy atom. The average molecular weight is 446 g/mol. The van der Waals surface area contributed by atoms with E-state index >= 15 is 0 Å². The van der Waals surface area contributed by atoms with Gasteiger partial charge in [-0.3, -0.25) is 4.90 Å². The second-order valence-electron chi connectivity index (χ2n) is 8.56. The van der Waals surface area contributed by atoms with E-state index in [9.17, 15) is 9.90 Å². The van der Waals surface area contributed by atoms with Crippen LogP contribution in [0.5, 0.6) is 11.5 Å². The van der Waals surface area contributed by atoms with E-state index in [4.69, 9.17) is 9.47 Å². The molecule has 0 aromatic heterocycles. The minimum absolute atomic E-state index is 0.289. The third-order valence-corrected chi connectivity index (χ3v) is 6.06. The van der Waals surface area contributed by atoms with E-state index in [2.05, 4.69) is 41.3 Å². The van der Waals surface area contributed by atoms with E-state index in [1.807, 2.05) is 12.1 Å². The molecule has 1 aliphatic rings. The number of fused-ring (bicyclic) bond motifs is 3. The fraction of sp³-hybridized carbons (Fsp3) is 0.321. The number of hydrogen-bond donors (Lipinski definition) is 1. The highest BCUT2D eigenvalue weighted by Gasteiger charge is 2.14. The summed E-state index contributed by atoms with van der Waals surface area (Å²) in [5, 5.41) is 9.43. The fourth-order valence-electron chi connectivity index (χ4n) is 4.39. The van der Waals surface area contributed by atoms with Crippen molar-refractivity contribution in [2.24, 2.45) is 0 Å². The molecule has 1 aliphatic heterocycles. The van der Waals surface area contributed by atoms with Gasteiger partial charge in [-0.15, -0.1) is 0 Å². The Bertz CT molecular complexity index is 1090. The maximum Gasteiger partial charge on any atom is 0.335 e. The van der Waals surface area contributed by atoms with Crippen LogP contribution in [0.2, 0.25) is 0 Å². The van der Waals surface area contributed by atoms with Gasteiger partial charge in [0.15, 0.2) is 0 Å². The van der Waals surface area contributed by atoms with E-state index in [1.165, 1.54) is 11.1 Å². The second kappa shape index (κ2) is 11.0. The molecule has 3 aromatic carbocycles. The number of carboxylic acids is 1. The van der Waals surface area contributed by atoms with Crippen molar-refractivity contribution < 1.29 is 19.4 Å². The van der Waals surface area contributed by atoms with E-state index in [1.54, 1.807) is 25.3 Å². The van der Waals surface area contributed by atoms with Gasteiger partial charge in [-0.25, -0.2) is 4.79 Å². The molecule has 4 rings (SSSR count). The van der Waals surface area contributed by atoms with Crippen molar-refractivity contribution in [3.05, 3.63) is 94.5 Å². The SMILES string of the molecule is COc1ccccc1CN1CCCCCOc2ccc(C(=O)O)cc2Cc2cccc(c2)C1. The number of methoxy groups -OCH3 is 1. The number of carbonyl (C=O) groups is 1. The lowest BCUT2D eigenvalue weighted by Crippen LogP contribution is -2.24. The first kappa shape index (κ1) is 22.9. The smallest absolute Gasteiger partial charge is 0.335 e. The van der Waals surface area contributed by atoms with Gasteiger partial charge in [0.25, 0.3) is 0 Å². The van der Waals surface area contributed by atoms with Crippen LogP contribution in [-0.2, 0) is 19.5 Å². The predicted molar refractivity (Wildman–Crippen MR) is 129 cm³/mol. The maximum absolute atomic E-state index is 11.5. The van der Waals surface area contributed by atoms with Crippen LogP contribution in [0.25, 0.3) is 0 Å². The highest BCUT2D eigenvalue weighted by atomic mass is 16.5. The Hall–Kier alpha value is -3.31. The third-order valence-electron chi connectivity index (χ3n) is 6.06. The Kier molecular flexibility index (Phi) is 7.63. The van der Waals surface area contributed by atoms with Crippen LogP contribution >= 0.6 is 0 Å². The van der Waals surface area contributed by atoms with Gasteiger partial charge in [0.05, 0.1) is 19.3 Å². The minimum Gasteiger partial charge on any atom is -0.496 e. The Balaban J connectivity index is 1.61. The number of ether oxygens (including phenoxy) is 2. The number of aromatic carboxylic acids is 1. The minimum atomic E-state index is -0.919. The molecule has 0 radical (unpaired) electrons. The van der Waals surface area contributed by atoms with Crippen LogP contribution in [0.1, 0.15) is 51.9 Å². The van der Waals surface area contributed by atoms with Gasteiger partial charge in [-0.2, -0.15) is 0 Å². The summed E-state index contributed by atoms with van der Waals surface area (Å²) in [6.45, 7) is 3.31. The van der Waals surface area contributed by atoms with Gasteiger partial charge >= 0.3 is 5.97 Å². The molecule has 5 heteroatoms. The summed E-state index contributed by atoms with van der Waals surface area (Å²) in [5.74, 6) is 0.781. The normalized spacial score (nSPS) is 15.1. The molecular formula is C28H31NO4. The van der Waals surface area contributed by atoms with Gasteiger partial charge in [0.2, 0.25) is 0 Å². The van der Waals surface area contributed by atoms with E-state index < -0.39 is 5.97 Å². The van der Waals surface area contributed by atoms with E-state index in [0.717, 1.165) is 61.5 Å². The van der Waals surface area contributed by atoms with Crippen molar-refractivity contribution in [2.75, 3.05) is 20.3 Å². The molecule has 0 aliphatic carbocycles. The summed E-state index contributed by atoms with van der Waals surface area (Å²) in [4.78, 5) is 14.0. The van der Waals surface area contributed by atoms with Crippen molar-refractivity contribution in [1.82, 2.24) is 4.90 Å². The molecule has 0 saturated carbocycles. The molecule has 3 aromatic rings. The Morgan fingerprint density at radius 1 is 1.00 bits per heavy atom. The van der Waals surface area contributed by atoms with Crippen molar-refractivity contribution in [1.29, 1.82) is 0 Å². The van der Waals surface area contributed by atoms with Crippen LogP contribution in [0, 0.1) is 0 Å². The monoisotopic (exact) mass is 445 g/mol. The third kappa shape index (κ3) is 6.14. The highest BCUT2D eigenvalue weighted by Crippen LogP contribution is 2.26. The zero-order valence-corrected chi connectivity index (χ0v) is 19.1. The van der Waals surface area contributed by atoms with Gasteiger partial charge in [0.1, 0.15) is 11.5 Å². The molecule has 1 N–H and O–H groups in total. The topological polar surface area (TPSA) is 59.0 Å². The molecule has 0 atom stereocenters. The summed E-state index contributed by atoms with van der Waals surface area (Å²) in [6, 6.07) is 21.9. The first-order valence-electron chi connectivity index (χ1n) is 11.5. The molecule has 0 unspecified atom stereocenters. The lowest BCUT2D eigenvalue weighted by Gasteiger charge is -2.24. The number of hydrogen-bond acceptors (Lipinski definition) is 4. The predicted octanol–water partition coefficient (Wildman–Crippen LogP) is 5.55. The molecule has 2 bridgehead atoms. The molecule has 0 amide bonds. The summed E-state index contributed by atoms with van der Waals surface area (Å²) in [6.07, 6.45) is 3.76. The number of rotatable bonds is 4. The lowest BCUT2D eigenvalue weighted by atomic mass is 9.99. The molecular weight excluding hydrogens is 414 g/mol. The molecule has 1 heterocycles. The molecule has 0 fully saturated rings. The van der Waals surface area contributed by atoms with Crippen molar-refractivity contribution in [3.63, 3.8) is 0 Å². The number of carboxylic acid groups (broad SMARTS) is 1. The van der Waals surface area contributed by atoms with Crippen LogP contribution in [0.3, 0.4) is 0 Å². The number of para-hydroxylation sites is 1. The van der Waals surface area contributed by atoms with Crippen LogP contribution < -0.4 is 9.47 Å². The molecule has 0 saturated heterocycles. The molecule has 0 spiro atoms. The second-order valence-corrected chi connectivity index (χ2v) is 8.56. The van der Waals surface area contributed by atoms with Gasteiger partial charge in [0, 0.05) is 25.1 Å². The van der Waals surface area contributed by atoms with Crippen molar-refractivity contribution in [2.45, 2.75) is 38.8 Å². The van der Waals surface area contributed by atoms with Crippen LogP contribution in [0.4, 0.5) is 0 Å². The number of nitrogens with zero attached hydrogens (tertiary/aromatic N) is 1. The number of benzene rings is 3. The first-order valence-corrected chi connectivity index (χ1v) is 11.5. The van der Waals surface area contributed by atoms with E-state index in [0.29, 0.717) is 13.0 Å². The standard InChI is InChI=1S/C28H31NO4/c1-32-26-11-4-3-10-24(26)20-29-14-5-2-6-15-33-27-13-12-23(28(30)31)18-25(27)17-21-8-7-9-22(16-21)19-29/h3-4,7-13,16,18H,2,5-6,14-15,17,19-20H2,1H3,(H,30,31). The zero-order chi connectivity index (χ0) is 23.0. The van der Waals surface area contributed by atoms with E-state index in [-0.39, 0.29) is 5.56 Å². The quantitative estimate of drug-likeness (QED) is 0.571. The molecule has 33 heavy (non-hydrogen) atoms. The van der Waals surface area contributed by atoms with Crippen molar-refractivity contribution >= 4 is 5.97 Å². The largest absolute Gasteiger partial charge is 0.496 e. The molecule has 172 valence electrons. The van der Waals surface area contributed by atoms with Gasteiger partial charge in [-0.1, -0.05) is 42.5 Å². The van der Waals surface area contributed by atoms with Crippen LogP contribution in [0.15, 0.2) is 66.7 Å². The van der Waals surface area contributed by atoms with Crippen LogP contribution in [-0.4, -0.2) is 36.2 Å².